The van der Waals surface area contributed by atoms with Gasteiger partial charge in [0.15, 0.2) is 0 Å². The smallest absolute Gasteiger partial charge is 0.128 e. The lowest BCUT2D eigenvalue weighted by molar-refractivity contribution is 0.320. The van der Waals surface area contributed by atoms with E-state index in [9.17, 15) is 0 Å². The van der Waals surface area contributed by atoms with Crippen LogP contribution in [0, 0.1) is 0 Å². The van der Waals surface area contributed by atoms with Crippen LogP contribution in [-0.2, 0) is 0 Å². The summed E-state index contributed by atoms with van der Waals surface area (Å²) in [7, 11) is 0. The van der Waals surface area contributed by atoms with Crippen molar-refractivity contribution >= 4 is 6.21 Å². The molecule has 0 aliphatic carbocycles. The molecule has 0 unspecified atom stereocenters. The normalized spacial score (nSPS) is 10.4. The van der Waals surface area contributed by atoms with Crippen LogP contribution in [0.1, 0.15) is 12.5 Å². The van der Waals surface area contributed by atoms with Crippen LogP contribution in [0.2, 0.25) is 0 Å². The first kappa shape index (κ1) is 8.59. The van der Waals surface area contributed by atoms with Gasteiger partial charge in [0.05, 0.1) is 12.8 Å². The standard InChI is InChI=1S/C9H11NO2/c1-2-12-9-6-4-3-5-8(9)7-10-11/h3-7,11H,2H2,1H3/b10-7+. The average molecular weight is 165 g/mol. The predicted octanol–water partition coefficient (Wildman–Crippen LogP) is 1.89. The SMILES string of the molecule is CCOc1ccccc1/C=N/O. The number of oxime groups is 1. The third-order valence-electron chi connectivity index (χ3n) is 1.42. The maximum absolute atomic E-state index is 8.33. The van der Waals surface area contributed by atoms with Crippen molar-refractivity contribution in [1.82, 2.24) is 0 Å². The second kappa shape index (κ2) is 4.38. The fraction of sp³-hybridized carbons (Fsp3) is 0.222. The Balaban J connectivity index is 2.91. The Kier molecular flexibility index (Phi) is 3.14. The molecule has 0 saturated heterocycles. The summed E-state index contributed by atoms with van der Waals surface area (Å²) in [5.41, 5.74) is 0.779. The van der Waals surface area contributed by atoms with Crippen molar-refractivity contribution in [2.24, 2.45) is 5.16 Å². The van der Waals surface area contributed by atoms with Gasteiger partial charge in [-0.3, -0.25) is 0 Å². The molecule has 1 N–H and O–H groups in total. The highest BCUT2D eigenvalue weighted by Gasteiger charge is 1.97. The summed E-state index contributed by atoms with van der Waals surface area (Å²) in [4.78, 5) is 0. The molecule has 0 atom stereocenters. The maximum atomic E-state index is 8.33. The molecular weight excluding hydrogens is 154 g/mol. The van der Waals surface area contributed by atoms with E-state index in [1.54, 1.807) is 0 Å². The van der Waals surface area contributed by atoms with Gasteiger partial charge in [-0.2, -0.15) is 0 Å². The molecule has 64 valence electrons. The van der Waals surface area contributed by atoms with Gasteiger partial charge < -0.3 is 9.94 Å². The molecule has 12 heavy (non-hydrogen) atoms. The summed E-state index contributed by atoms with van der Waals surface area (Å²) in [6.07, 6.45) is 1.35. The van der Waals surface area contributed by atoms with Crippen LogP contribution in [0.25, 0.3) is 0 Å². The predicted molar refractivity (Wildman–Crippen MR) is 47.0 cm³/mol. The van der Waals surface area contributed by atoms with Gasteiger partial charge >= 0.3 is 0 Å². The quantitative estimate of drug-likeness (QED) is 0.422. The van der Waals surface area contributed by atoms with Crippen LogP contribution in [-0.4, -0.2) is 18.0 Å². The molecule has 3 heteroatoms. The third kappa shape index (κ3) is 1.99. The second-order valence-electron chi connectivity index (χ2n) is 2.22. The Morgan fingerprint density at radius 2 is 2.25 bits per heavy atom. The number of hydrogen-bond acceptors (Lipinski definition) is 3. The van der Waals surface area contributed by atoms with Crippen molar-refractivity contribution < 1.29 is 9.94 Å². The molecule has 1 aromatic rings. The zero-order valence-corrected chi connectivity index (χ0v) is 6.90. The Morgan fingerprint density at radius 1 is 1.50 bits per heavy atom. The van der Waals surface area contributed by atoms with Crippen molar-refractivity contribution in [2.75, 3.05) is 6.61 Å². The highest BCUT2D eigenvalue weighted by Crippen LogP contribution is 2.15. The van der Waals surface area contributed by atoms with Crippen LogP contribution in [0.4, 0.5) is 0 Å². The second-order valence-corrected chi connectivity index (χ2v) is 2.22. The molecule has 3 nitrogen and oxygen atoms in total. The summed E-state index contributed by atoms with van der Waals surface area (Å²) in [6, 6.07) is 7.39. The molecule has 0 spiro atoms. The van der Waals surface area contributed by atoms with Gasteiger partial charge in [0.1, 0.15) is 5.75 Å². The largest absolute Gasteiger partial charge is 0.493 e. The van der Waals surface area contributed by atoms with E-state index in [4.69, 9.17) is 9.94 Å². The molecule has 0 heterocycles. The molecule has 0 fully saturated rings. The van der Waals surface area contributed by atoms with E-state index in [0.717, 1.165) is 11.3 Å². The molecule has 0 bridgehead atoms. The summed E-state index contributed by atoms with van der Waals surface area (Å²) in [5.74, 6) is 0.734. The number of ether oxygens (including phenoxy) is 1. The fourth-order valence-electron chi connectivity index (χ4n) is 0.936. The zero-order valence-electron chi connectivity index (χ0n) is 6.90. The average Bonchev–Trinajstić information content (AvgIpc) is 2.09. The topological polar surface area (TPSA) is 41.8 Å². The molecular formula is C9H11NO2. The Hall–Kier alpha value is -1.51. The van der Waals surface area contributed by atoms with Gasteiger partial charge in [-0.15, -0.1) is 0 Å². The Bertz CT molecular complexity index is 271. The van der Waals surface area contributed by atoms with Crippen LogP contribution in [0.15, 0.2) is 29.4 Å². The first-order valence-corrected chi connectivity index (χ1v) is 3.77. The van der Waals surface area contributed by atoms with E-state index in [-0.39, 0.29) is 0 Å². The Morgan fingerprint density at radius 3 is 2.92 bits per heavy atom. The van der Waals surface area contributed by atoms with Crippen molar-refractivity contribution in [2.45, 2.75) is 6.92 Å². The first-order valence-electron chi connectivity index (χ1n) is 3.77. The van der Waals surface area contributed by atoms with E-state index >= 15 is 0 Å². The molecule has 0 aliphatic heterocycles. The van der Waals surface area contributed by atoms with Crippen molar-refractivity contribution in [1.29, 1.82) is 0 Å². The van der Waals surface area contributed by atoms with Gasteiger partial charge in [-0.05, 0) is 19.1 Å². The monoisotopic (exact) mass is 165 g/mol. The summed E-state index contributed by atoms with van der Waals surface area (Å²) < 4.78 is 5.29. The molecule has 0 aliphatic rings. The van der Waals surface area contributed by atoms with Crippen molar-refractivity contribution in [3.63, 3.8) is 0 Å². The zero-order chi connectivity index (χ0) is 8.81. The van der Waals surface area contributed by atoms with Crippen LogP contribution < -0.4 is 4.74 Å². The fourth-order valence-corrected chi connectivity index (χ4v) is 0.936. The minimum atomic E-state index is 0.607. The molecule has 0 radical (unpaired) electrons. The van der Waals surface area contributed by atoms with Crippen molar-refractivity contribution in [3.8, 4) is 5.75 Å². The highest BCUT2D eigenvalue weighted by atomic mass is 16.5. The van der Waals surface area contributed by atoms with Crippen LogP contribution >= 0.6 is 0 Å². The van der Waals surface area contributed by atoms with Gasteiger partial charge in [0, 0.05) is 5.56 Å². The third-order valence-corrected chi connectivity index (χ3v) is 1.42. The number of hydrogen-bond donors (Lipinski definition) is 1. The molecule has 1 aromatic carbocycles. The lowest BCUT2D eigenvalue weighted by Gasteiger charge is -2.04. The lowest BCUT2D eigenvalue weighted by Crippen LogP contribution is -1.95. The highest BCUT2D eigenvalue weighted by molar-refractivity contribution is 5.82. The van der Waals surface area contributed by atoms with Gasteiger partial charge in [-0.25, -0.2) is 0 Å². The van der Waals surface area contributed by atoms with Gasteiger partial charge in [0.2, 0.25) is 0 Å². The summed E-state index contributed by atoms with van der Waals surface area (Å²) in [6.45, 7) is 2.52. The maximum Gasteiger partial charge on any atom is 0.128 e. The molecule has 1 rings (SSSR count). The van der Waals surface area contributed by atoms with Gasteiger partial charge in [0.25, 0.3) is 0 Å². The van der Waals surface area contributed by atoms with Crippen molar-refractivity contribution in [3.05, 3.63) is 29.8 Å². The van der Waals surface area contributed by atoms with Gasteiger partial charge in [-0.1, -0.05) is 17.3 Å². The number of nitrogens with zero attached hydrogens (tertiary/aromatic N) is 1. The molecule has 0 aromatic heterocycles. The summed E-state index contributed by atoms with van der Waals surface area (Å²) in [5, 5.41) is 11.3. The van der Waals surface area contributed by atoms with E-state index in [0.29, 0.717) is 6.61 Å². The molecule has 0 amide bonds. The number of rotatable bonds is 3. The van der Waals surface area contributed by atoms with E-state index in [2.05, 4.69) is 5.16 Å². The summed E-state index contributed by atoms with van der Waals surface area (Å²) >= 11 is 0. The van der Waals surface area contributed by atoms with E-state index in [1.807, 2.05) is 31.2 Å². The van der Waals surface area contributed by atoms with E-state index < -0.39 is 0 Å². The number of benzene rings is 1. The lowest BCUT2D eigenvalue weighted by atomic mass is 10.2. The Labute approximate surface area is 71.3 Å². The van der Waals surface area contributed by atoms with Crippen LogP contribution in [0.5, 0.6) is 5.75 Å². The first-order chi connectivity index (χ1) is 5.88. The molecule has 0 saturated carbocycles. The minimum absolute atomic E-state index is 0.607. The van der Waals surface area contributed by atoms with E-state index in [1.165, 1.54) is 6.21 Å². The minimum Gasteiger partial charge on any atom is -0.493 e. The van der Waals surface area contributed by atoms with Crippen LogP contribution in [0.3, 0.4) is 0 Å². The number of para-hydroxylation sites is 1.